The third-order valence-electron chi connectivity index (χ3n) is 3.58. The van der Waals surface area contributed by atoms with Crippen LogP contribution in [0.4, 0.5) is 0 Å². The Morgan fingerprint density at radius 2 is 1.79 bits per heavy atom. The summed E-state index contributed by atoms with van der Waals surface area (Å²) < 4.78 is 32.9. The fourth-order valence-electron chi connectivity index (χ4n) is 2.31. The first-order valence-corrected chi connectivity index (χ1v) is 8.78. The third kappa shape index (κ3) is 3.66. The largest absolute Gasteiger partial charge is 0.454 e. The van der Waals surface area contributed by atoms with Crippen molar-refractivity contribution in [3.63, 3.8) is 0 Å². The van der Waals surface area contributed by atoms with Gasteiger partial charge >= 0.3 is 0 Å². The summed E-state index contributed by atoms with van der Waals surface area (Å²) in [5, 5.41) is 7.80. The minimum absolute atomic E-state index is 0.0283. The molecule has 0 bridgehead atoms. The molecule has 0 aromatic heterocycles. The Balaban J connectivity index is 1.56. The van der Waals surface area contributed by atoms with Gasteiger partial charge in [-0.05, 0) is 48.4 Å². The first-order valence-electron chi connectivity index (χ1n) is 7.23. The van der Waals surface area contributed by atoms with E-state index in [1.807, 2.05) is 18.2 Å². The van der Waals surface area contributed by atoms with Crippen molar-refractivity contribution >= 4 is 15.9 Å². The minimum atomic E-state index is -3.76. The average Bonchev–Trinajstić information content (AvgIpc) is 3.02. The highest BCUT2D eigenvalue weighted by Gasteiger charge is 2.13. The Hall–Kier alpha value is -2.58. The maximum Gasteiger partial charge on any atom is 0.251 e. The third-order valence-corrected chi connectivity index (χ3v) is 4.51. The maximum atomic E-state index is 12.0. The summed E-state index contributed by atoms with van der Waals surface area (Å²) in [6, 6.07) is 11.1. The normalized spacial score (nSPS) is 12.9. The zero-order chi connectivity index (χ0) is 17.2. The van der Waals surface area contributed by atoms with Crippen LogP contribution in [0.25, 0.3) is 0 Å². The molecule has 3 rings (SSSR count). The van der Waals surface area contributed by atoms with Crippen LogP contribution in [0.2, 0.25) is 0 Å². The highest BCUT2D eigenvalue weighted by Crippen LogP contribution is 2.32. The van der Waals surface area contributed by atoms with Crippen molar-refractivity contribution in [1.82, 2.24) is 5.32 Å². The molecule has 1 amide bonds. The average molecular weight is 348 g/mol. The number of primary sulfonamides is 1. The molecule has 1 heterocycles. The highest BCUT2D eigenvalue weighted by atomic mass is 32.2. The van der Waals surface area contributed by atoms with Gasteiger partial charge in [0.05, 0.1) is 4.90 Å². The number of hydrogen-bond acceptors (Lipinski definition) is 5. The van der Waals surface area contributed by atoms with Gasteiger partial charge in [-0.15, -0.1) is 0 Å². The minimum Gasteiger partial charge on any atom is -0.454 e. The molecular formula is C16H16N2O5S. The van der Waals surface area contributed by atoms with Crippen molar-refractivity contribution in [2.24, 2.45) is 5.14 Å². The molecule has 7 nitrogen and oxygen atoms in total. The predicted molar refractivity (Wildman–Crippen MR) is 86.4 cm³/mol. The lowest BCUT2D eigenvalue weighted by Crippen LogP contribution is -2.25. The van der Waals surface area contributed by atoms with Crippen molar-refractivity contribution in [1.29, 1.82) is 0 Å². The van der Waals surface area contributed by atoms with E-state index in [4.69, 9.17) is 14.6 Å². The van der Waals surface area contributed by atoms with Crippen LogP contribution in [0, 0.1) is 0 Å². The van der Waals surface area contributed by atoms with Gasteiger partial charge in [-0.3, -0.25) is 4.79 Å². The molecule has 0 spiro atoms. The molecule has 3 N–H and O–H groups in total. The lowest BCUT2D eigenvalue weighted by Gasteiger charge is -2.07. The molecule has 0 saturated carbocycles. The van der Waals surface area contributed by atoms with Crippen LogP contribution < -0.4 is 19.9 Å². The van der Waals surface area contributed by atoms with E-state index < -0.39 is 10.0 Å². The molecule has 0 radical (unpaired) electrons. The molecule has 0 unspecified atom stereocenters. The van der Waals surface area contributed by atoms with Gasteiger partial charge in [0.2, 0.25) is 16.8 Å². The van der Waals surface area contributed by atoms with E-state index in [2.05, 4.69) is 5.32 Å². The Bertz CT molecular complexity index is 863. The summed E-state index contributed by atoms with van der Waals surface area (Å²) in [5.74, 6) is 1.15. The molecule has 1 aliphatic rings. The van der Waals surface area contributed by atoms with E-state index in [9.17, 15) is 13.2 Å². The topological polar surface area (TPSA) is 108 Å². The molecular weight excluding hydrogens is 332 g/mol. The fraction of sp³-hybridized carbons (Fsp3) is 0.188. The quantitative estimate of drug-likeness (QED) is 0.839. The highest BCUT2D eigenvalue weighted by molar-refractivity contribution is 7.89. The zero-order valence-corrected chi connectivity index (χ0v) is 13.5. The van der Waals surface area contributed by atoms with Crippen LogP contribution in [0.3, 0.4) is 0 Å². The van der Waals surface area contributed by atoms with E-state index in [1.54, 1.807) is 0 Å². The first-order chi connectivity index (χ1) is 11.4. The number of hydrogen-bond donors (Lipinski definition) is 2. The van der Waals surface area contributed by atoms with Crippen molar-refractivity contribution in [2.45, 2.75) is 11.3 Å². The van der Waals surface area contributed by atoms with Gasteiger partial charge in [0.15, 0.2) is 11.5 Å². The first kappa shape index (κ1) is 16.3. The number of sulfonamides is 1. The van der Waals surface area contributed by atoms with Crippen LogP contribution in [-0.4, -0.2) is 27.7 Å². The fourth-order valence-corrected chi connectivity index (χ4v) is 2.83. The van der Waals surface area contributed by atoms with E-state index in [0.717, 1.165) is 11.3 Å². The molecule has 2 aromatic rings. The summed E-state index contributed by atoms with van der Waals surface area (Å²) in [6.07, 6.45) is 0.637. The number of carbonyl (C=O) groups is 1. The number of fused-ring (bicyclic) bond motifs is 1. The van der Waals surface area contributed by atoms with E-state index in [1.165, 1.54) is 24.3 Å². The lowest BCUT2D eigenvalue weighted by atomic mass is 10.1. The molecule has 8 heteroatoms. The Morgan fingerprint density at radius 1 is 1.08 bits per heavy atom. The summed E-state index contributed by atoms with van der Waals surface area (Å²) in [6.45, 7) is 0.666. The SMILES string of the molecule is NS(=O)(=O)c1ccc(C(=O)NCCc2ccc3c(c2)OCO3)cc1. The van der Waals surface area contributed by atoms with E-state index in [-0.39, 0.29) is 17.6 Å². The van der Waals surface area contributed by atoms with Crippen molar-refractivity contribution in [3.8, 4) is 11.5 Å². The van der Waals surface area contributed by atoms with Gasteiger partial charge in [0.1, 0.15) is 0 Å². The van der Waals surface area contributed by atoms with Crippen LogP contribution >= 0.6 is 0 Å². The van der Waals surface area contributed by atoms with Gasteiger partial charge in [0, 0.05) is 12.1 Å². The van der Waals surface area contributed by atoms with Crippen molar-refractivity contribution in [2.75, 3.05) is 13.3 Å². The molecule has 0 aliphatic carbocycles. The van der Waals surface area contributed by atoms with Gasteiger partial charge in [0.25, 0.3) is 5.91 Å². The summed E-state index contributed by atoms with van der Waals surface area (Å²) in [5.41, 5.74) is 1.39. The van der Waals surface area contributed by atoms with Crippen LogP contribution in [0.15, 0.2) is 47.4 Å². The molecule has 2 aromatic carbocycles. The predicted octanol–water partition coefficient (Wildman–Crippen LogP) is 1.04. The smallest absolute Gasteiger partial charge is 0.251 e. The second-order valence-corrected chi connectivity index (χ2v) is 6.82. The summed E-state index contributed by atoms with van der Waals surface area (Å²) >= 11 is 0. The Kier molecular flexibility index (Phi) is 4.41. The number of rotatable bonds is 5. The Morgan fingerprint density at radius 3 is 2.50 bits per heavy atom. The molecule has 0 fully saturated rings. The number of ether oxygens (including phenoxy) is 2. The summed E-state index contributed by atoms with van der Waals surface area (Å²) in [7, 11) is -3.76. The molecule has 24 heavy (non-hydrogen) atoms. The standard InChI is InChI=1S/C16H16N2O5S/c17-24(20,21)13-4-2-12(3-5-13)16(19)18-8-7-11-1-6-14-15(9-11)23-10-22-14/h1-6,9H,7-8,10H2,(H,18,19)(H2,17,20,21). The molecule has 0 saturated heterocycles. The lowest BCUT2D eigenvalue weighted by molar-refractivity contribution is 0.0954. The maximum absolute atomic E-state index is 12.0. The zero-order valence-electron chi connectivity index (χ0n) is 12.7. The Labute approximate surface area is 139 Å². The second kappa shape index (κ2) is 6.50. The molecule has 0 atom stereocenters. The van der Waals surface area contributed by atoms with Gasteiger partial charge in [-0.2, -0.15) is 0 Å². The summed E-state index contributed by atoms with van der Waals surface area (Å²) in [4.78, 5) is 12.0. The molecule has 1 aliphatic heterocycles. The number of carbonyl (C=O) groups excluding carboxylic acids is 1. The van der Waals surface area contributed by atoms with Gasteiger partial charge in [-0.25, -0.2) is 13.6 Å². The van der Waals surface area contributed by atoms with Crippen LogP contribution in [0.1, 0.15) is 15.9 Å². The van der Waals surface area contributed by atoms with Crippen molar-refractivity contribution < 1.29 is 22.7 Å². The van der Waals surface area contributed by atoms with E-state index in [0.29, 0.717) is 24.3 Å². The van der Waals surface area contributed by atoms with Gasteiger partial charge < -0.3 is 14.8 Å². The van der Waals surface area contributed by atoms with Crippen LogP contribution in [0.5, 0.6) is 11.5 Å². The van der Waals surface area contributed by atoms with Gasteiger partial charge in [-0.1, -0.05) is 6.07 Å². The van der Waals surface area contributed by atoms with E-state index >= 15 is 0 Å². The monoisotopic (exact) mass is 348 g/mol. The number of benzene rings is 2. The second-order valence-electron chi connectivity index (χ2n) is 5.26. The van der Waals surface area contributed by atoms with Crippen LogP contribution in [-0.2, 0) is 16.4 Å². The number of amides is 1. The van der Waals surface area contributed by atoms with Crippen molar-refractivity contribution in [3.05, 3.63) is 53.6 Å². The number of nitrogens with one attached hydrogen (secondary N) is 1. The number of nitrogens with two attached hydrogens (primary N) is 1. The molecule has 126 valence electrons.